The lowest BCUT2D eigenvalue weighted by Crippen LogP contribution is -2.05. The Morgan fingerprint density at radius 1 is 1.17 bits per heavy atom. The summed E-state index contributed by atoms with van der Waals surface area (Å²) in [6.07, 6.45) is 1.27. The molecule has 0 amide bonds. The van der Waals surface area contributed by atoms with Gasteiger partial charge in [0.15, 0.2) is 0 Å². The third kappa shape index (κ3) is 3.52. The van der Waals surface area contributed by atoms with Crippen LogP contribution in [0, 0.1) is 0 Å². The first-order valence-corrected chi connectivity index (χ1v) is 7.84. The van der Waals surface area contributed by atoms with Crippen molar-refractivity contribution in [2.75, 3.05) is 17.2 Å². The summed E-state index contributed by atoms with van der Waals surface area (Å²) >= 11 is 0. The third-order valence-electron chi connectivity index (χ3n) is 3.64. The van der Waals surface area contributed by atoms with Gasteiger partial charge in [-0.25, -0.2) is 4.98 Å². The fraction of sp³-hybridized carbons (Fsp3) is 0.158. The molecule has 0 fully saturated rings. The van der Waals surface area contributed by atoms with Crippen molar-refractivity contribution in [3.05, 3.63) is 66.7 Å². The van der Waals surface area contributed by atoms with E-state index >= 15 is 0 Å². The molecule has 0 aliphatic heterocycles. The molecule has 3 aromatic rings. The van der Waals surface area contributed by atoms with Crippen LogP contribution < -0.4 is 10.6 Å². The Bertz CT molecular complexity index is 861. The highest BCUT2D eigenvalue weighted by molar-refractivity contribution is 5.90. The molecule has 1 aromatic heterocycles. The summed E-state index contributed by atoms with van der Waals surface area (Å²) in [5.74, 6) is 1.26. The minimum atomic E-state index is -0.519. The smallest absolute Gasteiger partial charge is 0.229 e. The molecule has 1 heterocycles. The van der Waals surface area contributed by atoms with Gasteiger partial charge in [0.25, 0.3) is 0 Å². The zero-order chi connectivity index (χ0) is 16.9. The molecule has 0 aliphatic carbocycles. The van der Waals surface area contributed by atoms with Crippen LogP contribution in [0.1, 0.15) is 18.6 Å². The number of nitrogens with one attached hydrogen (secondary N) is 2. The predicted molar refractivity (Wildman–Crippen MR) is 98.6 cm³/mol. The molecule has 24 heavy (non-hydrogen) atoms. The first-order valence-electron chi connectivity index (χ1n) is 7.84. The topological polar surface area (TPSA) is 70.1 Å². The molecule has 0 unspecified atom stereocenters. The van der Waals surface area contributed by atoms with Gasteiger partial charge in [-0.3, -0.25) is 0 Å². The number of para-hydroxylation sites is 1. The lowest BCUT2D eigenvalue weighted by molar-refractivity contribution is 0.199. The van der Waals surface area contributed by atoms with E-state index < -0.39 is 6.10 Å². The van der Waals surface area contributed by atoms with Crippen molar-refractivity contribution in [3.8, 4) is 0 Å². The van der Waals surface area contributed by atoms with Crippen molar-refractivity contribution in [1.29, 1.82) is 0 Å². The van der Waals surface area contributed by atoms with Gasteiger partial charge in [-0.05, 0) is 36.8 Å². The molecule has 5 nitrogen and oxygen atoms in total. The van der Waals surface area contributed by atoms with E-state index in [2.05, 4.69) is 27.2 Å². The normalized spacial score (nSPS) is 11.9. The molecule has 5 heteroatoms. The molecule has 1 atom stereocenters. The van der Waals surface area contributed by atoms with Gasteiger partial charge >= 0.3 is 0 Å². The van der Waals surface area contributed by atoms with E-state index in [-0.39, 0.29) is 0 Å². The Labute approximate surface area is 141 Å². The lowest BCUT2D eigenvalue weighted by atomic mass is 10.1. The van der Waals surface area contributed by atoms with Crippen molar-refractivity contribution < 1.29 is 5.11 Å². The van der Waals surface area contributed by atoms with Crippen molar-refractivity contribution >= 4 is 28.4 Å². The van der Waals surface area contributed by atoms with E-state index in [0.717, 1.165) is 28.0 Å². The zero-order valence-corrected chi connectivity index (χ0v) is 13.5. The van der Waals surface area contributed by atoms with E-state index in [4.69, 9.17) is 0 Å². The Morgan fingerprint density at radius 2 is 2.00 bits per heavy atom. The van der Waals surface area contributed by atoms with Crippen LogP contribution in [0.15, 0.2) is 61.2 Å². The van der Waals surface area contributed by atoms with E-state index in [1.807, 2.05) is 48.5 Å². The van der Waals surface area contributed by atoms with Crippen LogP contribution in [-0.4, -0.2) is 21.6 Å². The van der Waals surface area contributed by atoms with E-state index in [1.54, 1.807) is 13.0 Å². The number of aliphatic hydroxyl groups excluding tert-OH is 1. The minimum absolute atomic E-state index is 0.503. The molecule has 122 valence electrons. The predicted octanol–water partition coefficient (Wildman–Crippen LogP) is 4.02. The van der Waals surface area contributed by atoms with Gasteiger partial charge in [0.2, 0.25) is 5.95 Å². The number of anilines is 3. The van der Waals surface area contributed by atoms with Gasteiger partial charge in [0.1, 0.15) is 5.82 Å². The highest BCUT2D eigenvalue weighted by atomic mass is 16.3. The molecule has 0 bridgehead atoms. The number of rotatable bonds is 6. The standard InChI is InChI=1S/C19H20N4O/c1-3-11-20-18-16-9-4-5-10-17(16)22-19(23-18)21-15-8-6-7-14(12-15)13(2)24/h3-10,12-13,24H,1,11H2,2H3,(H2,20,21,22,23)/t13-/m0/s1. The average molecular weight is 320 g/mol. The van der Waals surface area contributed by atoms with Gasteiger partial charge in [-0.2, -0.15) is 4.98 Å². The van der Waals surface area contributed by atoms with E-state index in [9.17, 15) is 5.11 Å². The fourth-order valence-corrected chi connectivity index (χ4v) is 2.44. The molecule has 0 spiro atoms. The van der Waals surface area contributed by atoms with Crippen LogP contribution in [0.25, 0.3) is 10.9 Å². The fourth-order valence-electron chi connectivity index (χ4n) is 2.44. The SMILES string of the molecule is C=CCNc1nc(Nc2cccc([C@H](C)O)c2)nc2ccccc12. The third-order valence-corrected chi connectivity index (χ3v) is 3.64. The maximum absolute atomic E-state index is 9.72. The summed E-state index contributed by atoms with van der Waals surface area (Å²) in [4.78, 5) is 9.13. The molecule has 2 aromatic carbocycles. The molecule has 3 N–H and O–H groups in total. The zero-order valence-electron chi connectivity index (χ0n) is 13.5. The van der Waals surface area contributed by atoms with Crippen LogP contribution >= 0.6 is 0 Å². The monoisotopic (exact) mass is 320 g/mol. The minimum Gasteiger partial charge on any atom is -0.389 e. The van der Waals surface area contributed by atoms with Crippen LogP contribution in [0.5, 0.6) is 0 Å². The Morgan fingerprint density at radius 3 is 2.79 bits per heavy atom. The molecule has 3 rings (SSSR count). The summed E-state index contributed by atoms with van der Waals surface area (Å²) in [6.45, 7) is 6.09. The molecule has 0 saturated heterocycles. The summed E-state index contributed by atoms with van der Waals surface area (Å²) in [5.41, 5.74) is 2.53. The van der Waals surface area contributed by atoms with Gasteiger partial charge in [-0.15, -0.1) is 6.58 Å². The number of aromatic nitrogens is 2. The molecule has 0 aliphatic rings. The van der Waals surface area contributed by atoms with Crippen LogP contribution in [0.4, 0.5) is 17.5 Å². The summed E-state index contributed by atoms with van der Waals surface area (Å²) < 4.78 is 0. The number of benzene rings is 2. The van der Waals surface area contributed by atoms with E-state index in [0.29, 0.717) is 12.5 Å². The van der Waals surface area contributed by atoms with Gasteiger partial charge in [0, 0.05) is 17.6 Å². The van der Waals surface area contributed by atoms with Gasteiger partial charge < -0.3 is 15.7 Å². The number of nitrogens with zero attached hydrogens (tertiary/aromatic N) is 2. The van der Waals surface area contributed by atoms with Crippen molar-refractivity contribution in [3.63, 3.8) is 0 Å². The quantitative estimate of drug-likeness (QED) is 0.598. The average Bonchev–Trinajstić information content (AvgIpc) is 2.60. The Balaban J connectivity index is 1.97. The summed E-state index contributed by atoms with van der Waals surface area (Å²) in [6, 6.07) is 15.4. The number of fused-ring (bicyclic) bond motifs is 1. The summed E-state index contributed by atoms with van der Waals surface area (Å²) in [7, 11) is 0. The largest absolute Gasteiger partial charge is 0.389 e. The molecule has 0 radical (unpaired) electrons. The highest BCUT2D eigenvalue weighted by Crippen LogP contribution is 2.24. The van der Waals surface area contributed by atoms with Crippen LogP contribution in [-0.2, 0) is 0 Å². The van der Waals surface area contributed by atoms with Gasteiger partial charge in [0.05, 0.1) is 11.6 Å². The van der Waals surface area contributed by atoms with Crippen molar-refractivity contribution in [1.82, 2.24) is 9.97 Å². The molecular weight excluding hydrogens is 300 g/mol. The number of hydrogen-bond acceptors (Lipinski definition) is 5. The van der Waals surface area contributed by atoms with Gasteiger partial charge in [-0.1, -0.05) is 30.3 Å². The first-order chi connectivity index (χ1) is 11.7. The van der Waals surface area contributed by atoms with Crippen molar-refractivity contribution in [2.45, 2.75) is 13.0 Å². The molecule has 0 saturated carbocycles. The number of aliphatic hydroxyl groups is 1. The number of hydrogen-bond donors (Lipinski definition) is 3. The van der Waals surface area contributed by atoms with E-state index in [1.165, 1.54) is 0 Å². The molecular formula is C19H20N4O. The summed E-state index contributed by atoms with van der Waals surface area (Å²) in [5, 5.41) is 17.1. The highest BCUT2D eigenvalue weighted by Gasteiger charge is 2.08. The van der Waals surface area contributed by atoms with Crippen LogP contribution in [0.3, 0.4) is 0 Å². The first kappa shape index (κ1) is 16.0. The lowest BCUT2D eigenvalue weighted by Gasteiger charge is -2.12. The van der Waals surface area contributed by atoms with Crippen molar-refractivity contribution in [2.24, 2.45) is 0 Å². The van der Waals surface area contributed by atoms with Crippen LogP contribution in [0.2, 0.25) is 0 Å². The second-order valence-electron chi connectivity index (χ2n) is 5.51. The maximum Gasteiger partial charge on any atom is 0.229 e. The maximum atomic E-state index is 9.72. The second kappa shape index (κ2) is 7.10. The Kier molecular flexibility index (Phi) is 4.72. The second-order valence-corrected chi connectivity index (χ2v) is 5.51. The Hall–Kier alpha value is -2.92.